The third-order valence-corrected chi connectivity index (χ3v) is 1.55. The summed E-state index contributed by atoms with van der Waals surface area (Å²) in [6.07, 6.45) is 2.24. The summed E-state index contributed by atoms with van der Waals surface area (Å²) in [5, 5.41) is 0. The number of hydrogen-bond acceptors (Lipinski definition) is 4. The SMILES string of the molecule is C=C.C=C.CCCCOCCOCCOC(C)=O. The summed E-state index contributed by atoms with van der Waals surface area (Å²) in [7, 11) is 0. The van der Waals surface area contributed by atoms with Gasteiger partial charge in [0.05, 0.1) is 19.8 Å². The van der Waals surface area contributed by atoms with Crippen molar-refractivity contribution in [1.82, 2.24) is 0 Å². The van der Waals surface area contributed by atoms with E-state index in [2.05, 4.69) is 38.0 Å². The molecule has 0 aliphatic heterocycles. The van der Waals surface area contributed by atoms with E-state index in [1.165, 1.54) is 6.92 Å². The molecule has 0 rings (SSSR count). The van der Waals surface area contributed by atoms with Gasteiger partial charge in [0, 0.05) is 13.5 Å². The minimum atomic E-state index is -0.271. The van der Waals surface area contributed by atoms with Crippen molar-refractivity contribution in [3.63, 3.8) is 0 Å². The van der Waals surface area contributed by atoms with Crippen LogP contribution in [-0.4, -0.2) is 39.0 Å². The standard InChI is InChI=1S/C10H20O4.2C2H4/c1-3-4-5-12-6-7-13-8-9-14-10(2)11;2*1-2/h3-9H2,1-2H3;2*1-2H2. The molecule has 0 atom stereocenters. The minimum Gasteiger partial charge on any atom is -0.463 e. The van der Waals surface area contributed by atoms with E-state index in [-0.39, 0.29) is 5.97 Å². The van der Waals surface area contributed by atoms with Crippen molar-refractivity contribution in [2.75, 3.05) is 33.0 Å². The van der Waals surface area contributed by atoms with Gasteiger partial charge in [-0.05, 0) is 6.42 Å². The van der Waals surface area contributed by atoms with Crippen molar-refractivity contribution in [1.29, 1.82) is 0 Å². The number of carbonyl (C=O) groups excluding carboxylic acids is 1. The van der Waals surface area contributed by atoms with Gasteiger partial charge in [-0.3, -0.25) is 4.79 Å². The molecule has 0 heterocycles. The highest BCUT2D eigenvalue weighted by Gasteiger charge is 1.93. The fraction of sp³-hybridized carbons (Fsp3) is 0.643. The predicted molar refractivity (Wildman–Crippen MR) is 75.7 cm³/mol. The number of esters is 1. The first-order valence-electron chi connectivity index (χ1n) is 6.06. The summed E-state index contributed by atoms with van der Waals surface area (Å²) in [6.45, 7) is 18.2. The van der Waals surface area contributed by atoms with Crippen molar-refractivity contribution < 1.29 is 19.0 Å². The van der Waals surface area contributed by atoms with Gasteiger partial charge in [0.2, 0.25) is 0 Å². The Morgan fingerprint density at radius 1 is 0.889 bits per heavy atom. The first kappa shape index (κ1) is 22.1. The van der Waals surface area contributed by atoms with E-state index >= 15 is 0 Å². The van der Waals surface area contributed by atoms with E-state index < -0.39 is 0 Å². The molecule has 0 aromatic carbocycles. The molecule has 0 aliphatic rings. The second-order valence-electron chi connectivity index (χ2n) is 2.92. The number of hydrogen-bond donors (Lipinski definition) is 0. The zero-order valence-corrected chi connectivity index (χ0v) is 11.9. The molecule has 4 nitrogen and oxygen atoms in total. The Morgan fingerprint density at radius 2 is 1.33 bits per heavy atom. The lowest BCUT2D eigenvalue weighted by molar-refractivity contribution is -0.142. The molecule has 0 aromatic heterocycles. The van der Waals surface area contributed by atoms with Gasteiger partial charge in [0.15, 0.2) is 0 Å². The van der Waals surface area contributed by atoms with Crippen molar-refractivity contribution in [2.24, 2.45) is 0 Å². The molecule has 0 N–H and O–H groups in total. The Hall–Kier alpha value is -1.13. The summed E-state index contributed by atoms with van der Waals surface area (Å²) in [5.41, 5.74) is 0. The first-order valence-corrected chi connectivity index (χ1v) is 6.06. The zero-order chi connectivity index (χ0) is 14.6. The van der Waals surface area contributed by atoms with Gasteiger partial charge in [-0.2, -0.15) is 0 Å². The van der Waals surface area contributed by atoms with E-state index in [9.17, 15) is 4.79 Å². The number of rotatable bonds is 9. The monoisotopic (exact) mass is 260 g/mol. The van der Waals surface area contributed by atoms with Crippen LogP contribution in [0.2, 0.25) is 0 Å². The molecule has 0 bridgehead atoms. The fourth-order valence-electron chi connectivity index (χ4n) is 0.813. The summed E-state index contributed by atoms with van der Waals surface area (Å²) < 4.78 is 15.1. The number of unbranched alkanes of at least 4 members (excludes halogenated alkanes) is 1. The van der Waals surface area contributed by atoms with Gasteiger partial charge in [0.25, 0.3) is 0 Å². The molecule has 0 aliphatic carbocycles. The lowest BCUT2D eigenvalue weighted by Gasteiger charge is -2.05. The van der Waals surface area contributed by atoms with Gasteiger partial charge >= 0.3 is 5.97 Å². The van der Waals surface area contributed by atoms with Crippen LogP contribution < -0.4 is 0 Å². The van der Waals surface area contributed by atoms with Crippen molar-refractivity contribution >= 4 is 5.97 Å². The van der Waals surface area contributed by atoms with Crippen LogP contribution in [0.15, 0.2) is 26.3 Å². The molecule has 0 spiro atoms. The molecule has 108 valence electrons. The zero-order valence-electron chi connectivity index (χ0n) is 11.9. The first-order chi connectivity index (χ1) is 8.77. The molecular formula is C14H28O4. The third-order valence-electron chi connectivity index (χ3n) is 1.55. The second kappa shape index (κ2) is 24.9. The molecule has 0 fully saturated rings. The van der Waals surface area contributed by atoms with Crippen LogP contribution in [0, 0.1) is 0 Å². The number of ether oxygens (including phenoxy) is 3. The normalized spacial score (nSPS) is 8.33. The highest BCUT2D eigenvalue weighted by molar-refractivity contribution is 5.65. The largest absolute Gasteiger partial charge is 0.463 e. The molecule has 0 radical (unpaired) electrons. The lowest BCUT2D eigenvalue weighted by atomic mass is 10.4. The molecule has 4 heteroatoms. The van der Waals surface area contributed by atoms with Crippen LogP contribution in [0.3, 0.4) is 0 Å². The Balaban J connectivity index is -0.000000506. The summed E-state index contributed by atoms with van der Waals surface area (Å²) >= 11 is 0. The van der Waals surface area contributed by atoms with Gasteiger partial charge < -0.3 is 14.2 Å². The van der Waals surface area contributed by atoms with Gasteiger partial charge in [-0.1, -0.05) is 13.3 Å². The molecule has 0 amide bonds. The Labute approximate surface area is 112 Å². The van der Waals surface area contributed by atoms with Crippen LogP contribution in [0.4, 0.5) is 0 Å². The maximum atomic E-state index is 10.3. The Morgan fingerprint density at radius 3 is 1.78 bits per heavy atom. The fourth-order valence-corrected chi connectivity index (χ4v) is 0.813. The minimum absolute atomic E-state index is 0.271. The smallest absolute Gasteiger partial charge is 0.302 e. The van der Waals surface area contributed by atoms with Crippen molar-refractivity contribution in [3.05, 3.63) is 26.3 Å². The van der Waals surface area contributed by atoms with E-state index in [0.29, 0.717) is 26.4 Å². The van der Waals surface area contributed by atoms with E-state index in [0.717, 1.165) is 19.4 Å². The summed E-state index contributed by atoms with van der Waals surface area (Å²) in [5.74, 6) is -0.271. The topological polar surface area (TPSA) is 44.8 Å². The van der Waals surface area contributed by atoms with Crippen LogP contribution in [0.5, 0.6) is 0 Å². The van der Waals surface area contributed by atoms with Gasteiger partial charge in [0.1, 0.15) is 6.61 Å². The molecule has 0 saturated heterocycles. The van der Waals surface area contributed by atoms with Gasteiger partial charge in [-0.15, -0.1) is 26.3 Å². The average Bonchev–Trinajstić information content (AvgIpc) is 2.41. The highest BCUT2D eigenvalue weighted by Crippen LogP contribution is 1.87. The lowest BCUT2D eigenvalue weighted by Crippen LogP contribution is -2.11. The Kier molecular flexibility index (Phi) is 30.6. The summed E-state index contributed by atoms with van der Waals surface area (Å²) in [4.78, 5) is 10.3. The van der Waals surface area contributed by atoms with Crippen LogP contribution in [-0.2, 0) is 19.0 Å². The molecule has 0 aromatic rings. The third kappa shape index (κ3) is 29.4. The number of carbonyl (C=O) groups is 1. The van der Waals surface area contributed by atoms with E-state index in [4.69, 9.17) is 9.47 Å². The molecular weight excluding hydrogens is 232 g/mol. The molecule has 18 heavy (non-hydrogen) atoms. The quantitative estimate of drug-likeness (QED) is 0.363. The second-order valence-corrected chi connectivity index (χ2v) is 2.92. The summed E-state index contributed by atoms with van der Waals surface area (Å²) in [6, 6.07) is 0. The maximum absolute atomic E-state index is 10.3. The highest BCUT2D eigenvalue weighted by atomic mass is 16.6. The van der Waals surface area contributed by atoms with Crippen LogP contribution in [0.25, 0.3) is 0 Å². The Bertz CT molecular complexity index is 158. The van der Waals surface area contributed by atoms with Gasteiger partial charge in [-0.25, -0.2) is 0 Å². The molecule has 0 unspecified atom stereocenters. The van der Waals surface area contributed by atoms with Crippen LogP contribution >= 0.6 is 0 Å². The maximum Gasteiger partial charge on any atom is 0.302 e. The predicted octanol–water partition coefficient (Wildman–Crippen LogP) is 2.99. The molecule has 0 saturated carbocycles. The van der Waals surface area contributed by atoms with Crippen molar-refractivity contribution in [2.45, 2.75) is 26.7 Å². The van der Waals surface area contributed by atoms with Crippen LogP contribution in [0.1, 0.15) is 26.7 Å². The van der Waals surface area contributed by atoms with E-state index in [1.54, 1.807) is 0 Å². The van der Waals surface area contributed by atoms with E-state index in [1.807, 2.05) is 0 Å². The van der Waals surface area contributed by atoms with Crippen molar-refractivity contribution in [3.8, 4) is 0 Å². The average molecular weight is 260 g/mol.